The molecule has 1 amide bonds. The Labute approximate surface area is 138 Å². The molecule has 0 saturated carbocycles. The van der Waals surface area contributed by atoms with Gasteiger partial charge in [-0.1, -0.05) is 6.07 Å². The molecule has 0 unspecified atom stereocenters. The van der Waals surface area contributed by atoms with Crippen LogP contribution in [0.3, 0.4) is 0 Å². The van der Waals surface area contributed by atoms with Crippen molar-refractivity contribution >= 4 is 27.3 Å². The first kappa shape index (κ1) is 15.6. The minimum atomic E-state index is -0.277. The monoisotopic (exact) mass is 328 g/mol. The van der Waals surface area contributed by atoms with Crippen molar-refractivity contribution in [2.24, 2.45) is 0 Å². The van der Waals surface area contributed by atoms with Gasteiger partial charge in [-0.25, -0.2) is 4.39 Å². The van der Waals surface area contributed by atoms with Crippen LogP contribution in [0.4, 0.5) is 4.39 Å². The van der Waals surface area contributed by atoms with E-state index in [1.165, 1.54) is 23.5 Å². The number of hydrogen-bond acceptors (Lipinski definition) is 3. The third-order valence-electron chi connectivity index (χ3n) is 3.87. The average molecular weight is 328 g/mol. The Morgan fingerprint density at radius 3 is 2.87 bits per heavy atom. The number of likely N-dealkylation sites (N-methyl/N-ethyl adjacent to an activating group) is 1. The van der Waals surface area contributed by atoms with Crippen LogP contribution in [0.1, 0.15) is 20.9 Å². The van der Waals surface area contributed by atoms with Crippen LogP contribution in [0.15, 0.2) is 42.6 Å². The highest BCUT2D eigenvalue weighted by atomic mass is 32.1. The Morgan fingerprint density at radius 2 is 2.13 bits per heavy atom. The lowest BCUT2D eigenvalue weighted by atomic mass is 10.1. The lowest BCUT2D eigenvalue weighted by Crippen LogP contribution is -2.28. The van der Waals surface area contributed by atoms with E-state index in [1.54, 1.807) is 24.2 Å². The molecule has 2 heterocycles. The Kier molecular flexibility index (Phi) is 4.39. The second kappa shape index (κ2) is 6.46. The molecule has 0 atom stereocenters. The van der Waals surface area contributed by atoms with Gasteiger partial charge in [-0.15, -0.1) is 11.3 Å². The van der Waals surface area contributed by atoms with Gasteiger partial charge in [0, 0.05) is 36.6 Å². The maximum atomic E-state index is 13.4. The highest BCUT2D eigenvalue weighted by Crippen LogP contribution is 2.32. The minimum Gasteiger partial charge on any atom is -0.341 e. The Morgan fingerprint density at radius 1 is 1.30 bits per heavy atom. The number of halogens is 1. The maximum Gasteiger partial charge on any atom is 0.263 e. The first-order chi connectivity index (χ1) is 11.1. The summed E-state index contributed by atoms with van der Waals surface area (Å²) in [6, 6.07) is 10.4. The zero-order valence-corrected chi connectivity index (χ0v) is 13.9. The van der Waals surface area contributed by atoms with Crippen molar-refractivity contribution in [3.8, 4) is 0 Å². The number of thiophene rings is 1. The van der Waals surface area contributed by atoms with E-state index in [1.807, 2.05) is 25.1 Å². The molecule has 3 nitrogen and oxygen atoms in total. The lowest BCUT2D eigenvalue weighted by Gasteiger charge is -2.16. The maximum absolute atomic E-state index is 13.4. The second-order valence-electron chi connectivity index (χ2n) is 5.49. The molecule has 3 rings (SSSR count). The molecule has 118 valence electrons. The standard InChI is InChI=1S/C18H17FN2OS/c1-12-15-11-13(19)6-7-16(15)23-17(12)18(22)21(2)10-8-14-5-3-4-9-20-14/h3-7,9,11H,8,10H2,1-2H3. The van der Waals surface area contributed by atoms with E-state index in [2.05, 4.69) is 4.98 Å². The molecule has 1 aromatic carbocycles. The second-order valence-corrected chi connectivity index (χ2v) is 6.55. The Hall–Kier alpha value is -2.27. The largest absolute Gasteiger partial charge is 0.341 e. The van der Waals surface area contributed by atoms with Crippen LogP contribution >= 0.6 is 11.3 Å². The van der Waals surface area contributed by atoms with E-state index in [9.17, 15) is 9.18 Å². The van der Waals surface area contributed by atoms with Gasteiger partial charge < -0.3 is 4.90 Å². The van der Waals surface area contributed by atoms with Gasteiger partial charge >= 0.3 is 0 Å². The molecule has 0 aliphatic heterocycles. The van der Waals surface area contributed by atoms with Gasteiger partial charge in [0.05, 0.1) is 4.88 Å². The van der Waals surface area contributed by atoms with Crippen molar-refractivity contribution < 1.29 is 9.18 Å². The molecule has 5 heteroatoms. The van der Waals surface area contributed by atoms with Crippen molar-refractivity contribution in [2.75, 3.05) is 13.6 Å². The number of carbonyl (C=O) groups excluding carboxylic acids is 1. The van der Waals surface area contributed by atoms with Crippen molar-refractivity contribution in [2.45, 2.75) is 13.3 Å². The van der Waals surface area contributed by atoms with Crippen LogP contribution in [0, 0.1) is 12.7 Å². The van der Waals surface area contributed by atoms with Crippen LogP contribution in [-0.2, 0) is 6.42 Å². The van der Waals surface area contributed by atoms with Gasteiger partial charge in [0.25, 0.3) is 5.91 Å². The summed E-state index contributed by atoms with van der Waals surface area (Å²) >= 11 is 1.42. The zero-order chi connectivity index (χ0) is 16.4. The van der Waals surface area contributed by atoms with E-state index >= 15 is 0 Å². The molecule has 0 spiro atoms. The molecule has 3 aromatic rings. The summed E-state index contributed by atoms with van der Waals surface area (Å²) in [5, 5.41) is 0.816. The molecule has 0 aliphatic carbocycles. The number of benzene rings is 1. The number of pyridine rings is 1. The van der Waals surface area contributed by atoms with Gasteiger partial charge in [0.1, 0.15) is 5.82 Å². The molecule has 0 aliphatic rings. The molecule has 0 radical (unpaired) electrons. The van der Waals surface area contributed by atoms with Gasteiger partial charge in [-0.05, 0) is 48.2 Å². The third-order valence-corrected chi connectivity index (χ3v) is 5.13. The normalized spacial score (nSPS) is 10.9. The molecule has 0 saturated heterocycles. The zero-order valence-electron chi connectivity index (χ0n) is 13.0. The van der Waals surface area contributed by atoms with Crippen molar-refractivity contribution in [1.29, 1.82) is 0 Å². The highest BCUT2D eigenvalue weighted by molar-refractivity contribution is 7.21. The average Bonchev–Trinajstić information content (AvgIpc) is 2.89. The summed E-state index contributed by atoms with van der Waals surface area (Å²) in [6.45, 7) is 2.47. The third kappa shape index (κ3) is 3.24. The fourth-order valence-corrected chi connectivity index (χ4v) is 3.68. The quantitative estimate of drug-likeness (QED) is 0.723. The van der Waals surface area contributed by atoms with Crippen LogP contribution in [0.5, 0.6) is 0 Å². The fraction of sp³-hybridized carbons (Fsp3) is 0.222. The Balaban J connectivity index is 1.78. The lowest BCUT2D eigenvalue weighted by molar-refractivity contribution is 0.0800. The Bertz CT molecular complexity index is 845. The summed E-state index contributed by atoms with van der Waals surface area (Å²) < 4.78 is 14.3. The summed E-state index contributed by atoms with van der Waals surface area (Å²) in [5.74, 6) is -0.305. The van der Waals surface area contributed by atoms with Gasteiger partial charge in [-0.3, -0.25) is 9.78 Å². The summed E-state index contributed by atoms with van der Waals surface area (Å²) in [7, 11) is 1.79. The van der Waals surface area contributed by atoms with Gasteiger partial charge in [0.2, 0.25) is 0 Å². The van der Waals surface area contributed by atoms with E-state index in [-0.39, 0.29) is 11.7 Å². The predicted molar refractivity (Wildman–Crippen MR) is 91.4 cm³/mol. The number of nitrogens with zero attached hydrogens (tertiary/aromatic N) is 2. The smallest absolute Gasteiger partial charge is 0.263 e. The molecule has 23 heavy (non-hydrogen) atoms. The van der Waals surface area contributed by atoms with E-state index < -0.39 is 0 Å². The summed E-state index contributed by atoms with van der Waals surface area (Å²) in [5.41, 5.74) is 1.81. The topological polar surface area (TPSA) is 33.2 Å². The number of fused-ring (bicyclic) bond motifs is 1. The van der Waals surface area contributed by atoms with E-state index in [0.717, 1.165) is 21.3 Å². The van der Waals surface area contributed by atoms with E-state index in [0.29, 0.717) is 17.8 Å². The molecule has 0 fully saturated rings. The molecule has 0 N–H and O–H groups in total. The van der Waals surface area contributed by atoms with Crippen LogP contribution in [0.2, 0.25) is 0 Å². The molecular weight excluding hydrogens is 311 g/mol. The number of aromatic nitrogens is 1. The van der Waals surface area contributed by atoms with Crippen molar-refractivity contribution in [1.82, 2.24) is 9.88 Å². The first-order valence-corrected chi connectivity index (χ1v) is 8.22. The minimum absolute atomic E-state index is 0.0277. The van der Waals surface area contributed by atoms with Crippen LogP contribution < -0.4 is 0 Å². The number of carbonyl (C=O) groups is 1. The van der Waals surface area contributed by atoms with Gasteiger partial charge in [-0.2, -0.15) is 0 Å². The number of hydrogen-bond donors (Lipinski definition) is 0. The highest BCUT2D eigenvalue weighted by Gasteiger charge is 2.19. The summed E-state index contributed by atoms with van der Waals surface area (Å²) in [6.07, 6.45) is 2.46. The van der Waals surface area contributed by atoms with Crippen LogP contribution in [0.25, 0.3) is 10.1 Å². The fourth-order valence-electron chi connectivity index (χ4n) is 2.50. The van der Waals surface area contributed by atoms with Crippen LogP contribution in [-0.4, -0.2) is 29.4 Å². The molecular formula is C18H17FN2OS. The van der Waals surface area contributed by atoms with E-state index in [4.69, 9.17) is 0 Å². The predicted octanol–water partition coefficient (Wildman–Crippen LogP) is 4.06. The summed E-state index contributed by atoms with van der Waals surface area (Å²) in [4.78, 5) is 19.3. The SMILES string of the molecule is Cc1c(C(=O)N(C)CCc2ccccn2)sc2ccc(F)cc12. The number of rotatable bonds is 4. The van der Waals surface area contributed by atoms with Crippen molar-refractivity contribution in [3.05, 3.63) is 64.5 Å². The number of aryl methyl sites for hydroxylation is 1. The van der Waals surface area contributed by atoms with Gasteiger partial charge in [0.15, 0.2) is 0 Å². The molecule has 2 aromatic heterocycles. The molecule has 0 bridgehead atoms. The first-order valence-electron chi connectivity index (χ1n) is 7.40. The number of amides is 1. The van der Waals surface area contributed by atoms with Crippen molar-refractivity contribution in [3.63, 3.8) is 0 Å².